The molecule has 5 rings (SSSR count). The third kappa shape index (κ3) is 5.57. The third-order valence-electron chi connectivity index (χ3n) is 8.08. The van der Waals surface area contributed by atoms with Crippen LogP contribution in [0.4, 0.5) is 11.5 Å². The fourth-order valence-electron chi connectivity index (χ4n) is 6.00. The molecule has 0 radical (unpaired) electrons. The van der Waals surface area contributed by atoms with Gasteiger partial charge in [0.2, 0.25) is 0 Å². The summed E-state index contributed by atoms with van der Waals surface area (Å²) in [5.41, 5.74) is 0.478. The van der Waals surface area contributed by atoms with Crippen LogP contribution in [0.5, 0.6) is 0 Å². The van der Waals surface area contributed by atoms with Gasteiger partial charge in [0.1, 0.15) is 11.0 Å². The quantitative estimate of drug-likeness (QED) is 0.373. The van der Waals surface area contributed by atoms with E-state index in [9.17, 15) is 20.0 Å². The number of carbonyl (C=O) groups excluding carboxylic acids is 1. The molecule has 2 saturated carbocycles. The number of nitrogens with one attached hydrogen (secondary N) is 2. The lowest BCUT2D eigenvalue weighted by molar-refractivity contribution is -0.163. The van der Waals surface area contributed by atoms with Crippen molar-refractivity contribution in [3.05, 3.63) is 52.4 Å². The van der Waals surface area contributed by atoms with Gasteiger partial charge in [-0.25, -0.2) is 0 Å². The maximum Gasteiger partial charge on any atom is 0.309 e. The Labute approximate surface area is 228 Å². The molecule has 2 aliphatic carbocycles. The lowest BCUT2D eigenvalue weighted by atomic mass is 9.75. The van der Waals surface area contributed by atoms with Crippen molar-refractivity contribution >= 4 is 28.4 Å². The van der Waals surface area contributed by atoms with E-state index in [0.717, 1.165) is 36.9 Å². The fraction of sp³-hybridized carbons (Fsp3) is 0.533. The summed E-state index contributed by atoms with van der Waals surface area (Å²) >= 11 is 0. The molecular formula is C30H37N5O4. The molecule has 3 N–H and O–H groups in total. The predicted molar refractivity (Wildman–Crippen MR) is 148 cm³/mol. The number of benzene rings is 1. The van der Waals surface area contributed by atoms with Crippen LogP contribution in [0.25, 0.3) is 10.9 Å². The first-order chi connectivity index (χ1) is 18.6. The van der Waals surface area contributed by atoms with Crippen LogP contribution in [0, 0.1) is 23.2 Å². The molecule has 0 aliphatic heterocycles. The van der Waals surface area contributed by atoms with E-state index < -0.39 is 11.2 Å². The molecule has 0 amide bonds. The van der Waals surface area contributed by atoms with Gasteiger partial charge < -0.3 is 20.1 Å². The van der Waals surface area contributed by atoms with Gasteiger partial charge in [-0.1, -0.05) is 25.0 Å². The van der Waals surface area contributed by atoms with Crippen LogP contribution >= 0.6 is 0 Å². The Bertz CT molecular complexity index is 1440. The Kier molecular flexibility index (Phi) is 7.25. The maximum atomic E-state index is 12.8. The number of ether oxygens (including phenoxy) is 1. The summed E-state index contributed by atoms with van der Waals surface area (Å²) in [7, 11) is 0. The van der Waals surface area contributed by atoms with Crippen molar-refractivity contribution in [2.75, 3.05) is 5.32 Å². The normalized spacial score (nSPS) is 25.7. The Morgan fingerprint density at radius 3 is 2.51 bits per heavy atom. The number of pyridine rings is 1. The first kappa shape index (κ1) is 26.9. The van der Waals surface area contributed by atoms with Crippen molar-refractivity contribution in [1.82, 2.24) is 14.8 Å². The minimum Gasteiger partial charge on any atom is -0.460 e. The smallest absolute Gasteiger partial charge is 0.309 e. The van der Waals surface area contributed by atoms with Crippen molar-refractivity contribution in [2.24, 2.45) is 11.8 Å². The van der Waals surface area contributed by atoms with Gasteiger partial charge in [0.25, 0.3) is 5.56 Å². The highest BCUT2D eigenvalue weighted by Crippen LogP contribution is 2.41. The zero-order chi connectivity index (χ0) is 27.8. The lowest BCUT2D eigenvalue weighted by Gasteiger charge is -2.36. The molecule has 3 aromatic rings. The zero-order valence-corrected chi connectivity index (χ0v) is 22.9. The summed E-state index contributed by atoms with van der Waals surface area (Å²) < 4.78 is 7.39. The molecule has 9 nitrogen and oxygen atoms in total. The second-order valence-electron chi connectivity index (χ2n) is 12.0. The Hall–Kier alpha value is -3.64. The van der Waals surface area contributed by atoms with Crippen molar-refractivity contribution in [3.8, 4) is 6.07 Å². The number of anilines is 2. The fourth-order valence-corrected chi connectivity index (χ4v) is 6.00. The number of aliphatic hydroxyl groups is 1. The highest BCUT2D eigenvalue weighted by atomic mass is 16.6. The summed E-state index contributed by atoms with van der Waals surface area (Å²) in [5, 5.41) is 29.6. The minimum atomic E-state index is -1.00. The van der Waals surface area contributed by atoms with Crippen LogP contribution < -0.4 is 10.9 Å². The van der Waals surface area contributed by atoms with Crippen LogP contribution in [0.1, 0.15) is 83.7 Å². The van der Waals surface area contributed by atoms with Crippen molar-refractivity contribution < 1.29 is 14.6 Å². The second kappa shape index (κ2) is 10.5. The molecule has 2 atom stereocenters. The monoisotopic (exact) mass is 531 g/mol. The van der Waals surface area contributed by atoms with Gasteiger partial charge in [-0.15, -0.1) is 0 Å². The molecule has 2 heterocycles. The molecule has 39 heavy (non-hydrogen) atoms. The van der Waals surface area contributed by atoms with Crippen LogP contribution in [0.2, 0.25) is 0 Å². The van der Waals surface area contributed by atoms with E-state index in [1.807, 2.05) is 55.8 Å². The molecule has 1 aromatic carbocycles. The molecule has 0 spiro atoms. The summed E-state index contributed by atoms with van der Waals surface area (Å²) in [5.74, 6) is -0.0883. The number of fused-ring (bicyclic) bond motifs is 1. The van der Waals surface area contributed by atoms with E-state index in [-0.39, 0.29) is 29.4 Å². The van der Waals surface area contributed by atoms with Gasteiger partial charge in [-0.3, -0.25) is 14.3 Å². The number of rotatable bonds is 5. The van der Waals surface area contributed by atoms with Crippen LogP contribution in [-0.2, 0) is 15.1 Å². The van der Waals surface area contributed by atoms with Crippen LogP contribution in [-0.4, -0.2) is 31.4 Å². The van der Waals surface area contributed by atoms with E-state index in [2.05, 4.69) is 16.4 Å². The average Bonchev–Trinajstić information content (AvgIpc) is 3.27. The molecular weight excluding hydrogens is 494 g/mol. The number of aromatic nitrogens is 3. The number of aromatic amines is 1. The standard InChI is InChI=1S/C30H37N5O4/c1-29(2,3)39-28(37)19-12-15-30(38,16-13-19)21-8-10-22(11-9-21)33-26-25-24(14-17-32-27(25)36)35(34-26)23-7-5-4-6-20(23)18-31/h8-11,14,17,19-20,23,38H,4-7,12-13,15-16H2,1-3H3,(H,32,36)(H,33,34)/t19-,20?,23-,30+/m0/s1. The average molecular weight is 532 g/mol. The Morgan fingerprint density at radius 2 is 1.85 bits per heavy atom. The van der Waals surface area contributed by atoms with Crippen LogP contribution in [0.15, 0.2) is 41.3 Å². The van der Waals surface area contributed by atoms with Crippen molar-refractivity contribution in [1.29, 1.82) is 5.26 Å². The van der Waals surface area contributed by atoms with Gasteiger partial charge in [0, 0.05) is 11.9 Å². The SMILES string of the molecule is CC(C)(C)OC(=O)[C@H]1CC[C@](O)(c2ccc(Nc3nn([C@H]4CCCCC4C#N)c4cc[nH]c(=O)c34)cc2)CC1. The molecule has 2 aliphatic rings. The van der Waals surface area contributed by atoms with Gasteiger partial charge >= 0.3 is 5.97 Å². The number of hydrogen-bond donors (Lipinski definition) is 3. The molecule has 0 bridgehead atoms. The van der Waals surface area contributed by atoms with Gasteiger partial charge in [0.05, 0.1) is 35.1 Å². The maximum absolute atomic E-state index is 12.8. The van der Waals surface area contributed by atoms with Crippen molar-refractivity contribution in [3.63, 3.8) is 0 Å². The number of carbonyl (C=O) groups is 1. The summed E-state index contributed by atoms with van der Waals surface area (Å²) in [6.07, 6.45) is 7.46. The minimum absolute atomic E-state index is 0.0731. The second-order valence-corrected chi connectivity index (χ2v) is 12.0. The van der Waals surface area contributed by atoms with E-state index in [4.69, 9.17) is 9.84 Å². The number of nitrogens with zero attached hydrogens (tertiary/aromatic N) is 3. The topological polar surface area (TPSA) is 133 Å². The third-order valence-corrected chi connectivity index (χ3v) is 8.08. The molecule has 9 heteroatoms. The Balaban J connectivity index is 1.34. The zero-order valence-electron chi connectivity index (χ0n) is 22.9. The largest absolute Gasteiger partial charge is 0.460 e. The molecule has 0 saturated heterocycles. The highest BCUT2D eigenvalue weighted by Gasteiger charge is 2.38. The summed E-state index contributed by atoms with van der Waals surface area (Å²) in [6, 6.07) is 11.7. The van der Waals surface area contributed by atoms with Gasteiger partial charge in [-0.05, 0) is 83.1 Å². The first-order valence-electron chi connectivity index (χ1n) is 13.9. The van der Waals surface area contributed by atoms with E-state index in [0.29, 0.717) is 42.4 Å². The number of nitriles is 1. The predicted octanol–water partition coefficient (Wildman–Crippen LogP) is 5.44. The van der Waals surface area contributed by atoms with E-state index in [1.165, 1.54) is 0 Å². The number of esters is 1. The van der Waals surface area contributed by atoms with Gasteiger partial charge in [-0.2, -0.15) is 10.4 Å². The van der Waals surface area contributed by atoms with Crippen molar-refractivity contribution in [2.45, 2.75) is 89.4 Å². The number of H-pyrrole nitrogens is 1. The molecule has 2 aromatic heterocycles. The van der Waals surface area contributed by atoms with Gasteiger partial charge in [0.15, 0.2) is 5.82 Å². The van der Waals surface area contributed by atoms with E-state index >= 15 is 0 Å². The summed E-state index contributed by atoms with van der Waals surface area (Å²) in [6.45, 7) is 5.59. The molecule has 206 valence electrons. The lowest BCUT2D eigenvalue weighted by Crippen LogP contribution is -2.36. The van der Waals surface area contributed by atoms with E-state index in [1.54, 1.807) is 6.20 Å². The van der Waals surface area contributed by atoms with Crippen LogP contribution in [0.3, 0.4) is 0 Å². The first-order valence-corrected chi connectivity index (χ1v) is 13.9. The molecule has 2 fully saturated rings. The summed E-state index contributed by atoms with van der Waals surface area (Å²) in [4.78, 5) is 28.0. The highest BCUT2D eigenvalue weighted by molar-refractivity contribution is 5.91. The molecule has 1 unspecified atom stereocenters. The Morgan fingerprint density at radius 1 is 1.15 bits per heavy atom. The number of hydrogen-bond acceptors (Lipinski definition) is 7.